The van der Waals surface area contributed by atoms with Crippen molar-refractivity contribution >= 4 is 5.91 Å². The van der Waals surface area contributed by atoms with Crippen molar-refractivity contribution in [1.29, 1.82) is 0 Å². The molecule has 0 aliphatic rings. The number of carbonyl (C=O) groups is 1. The van der Waals surface area contributed by atoms with Crippen LogP contribution in [0.4, 0.5) is 13.2 Å². The normalized spacial score (nSPS) is 14.4. The van der Waals surface area contributed by atoms with Gasteiger partial charge in [0.25, 0.3) is 0 Å². The lowest BCUT2D eigenvalue weighted by atomic mass is 10.3. The van der Waals surface area contributed by atoms with E-state index in [1.165, 1.54) is 4.90 Å². The van der Waals surface area contributed by atoms with Crippen molar-refractivity contribution in [3.05, 3.63) is 0 Å². The molecule has 1 N–H and O–H groups in total. The van der Waals surface area contributed by atoms with Gasteiger partial charge in [0.1, 0.15) is 0 Å². The smallest absolute Gasteiger partial charge is 0.333 e. The molecule has 0 bridgehead atoms. The summed E-state index contributed by atoms with van der Waals surface area (Å²) in [6, 6.07) is 0. The molecule has 3 nitrogen and oxygen atoms in total. The second-order valence-corrected chi connectivity index (χ2v) is 2.86. The molecular formula is C7H13F3N2O. The molecule has 1 atom stereocenters. The summed E-state index contributed by atoms with van der Waals surface area (Å²) in [5.41, 5.74) is 0. The van der Waals surface area contributed by atoms with Crippen molar-refractivity contribution < 1.29 is 18.0 Å². The van der Waals surface area contributed by atoms with E-state index >= 15 is 0 Å². The molecular weight excluding hydrogens is 185 g/mol. The fourth-order valence-electron chi connectivity index (χ4n) is 0.829. The molecule has 0 saturated carbocycles. The molecule has 6 heteroatoms. The second kappa shape index (κ2) is 4.45. The number of hydrogen-bond acceptors (Lipinski definition) is 2. The van der Waals surface area contributed by atoms with Crippen LogP contribution in [0.3, 0.4) is 0 Å². The number of carbonyl (C=O) groups excluding carboxylic acids is 1. The highest BCUT2D eigenvalue weighted by atomic mass is 19.4. The minimum atomic E-state index is -4.80. The lowest BCUT2D eigenvalue weighted by molar-refractivity contribution is -0.175. The Bertz CT molecular complexity index is 179. The molecule has 0 heterocycles. The summed E-state index contributed by atoms with van der Waals surface area (Å²) >= 11 is 0. The van der Waals surface area contributed by atoms with Crippen molar-refractivity contribution in [1.82, 2.24) is 10.2 Å². The number of hydrogen-bond donors (Lipinski definition) is 1. The van der Waals surface area contributed by atoms with E-state index in [0.717, 1.165) is 0 Å². The van der Waals surface area contributed by atoms with Gasteiger partial charge in [0.15, 0.2) is 0 Å². The van der Waals surface area contributed by atoms with Crippen LogP contribution >= 0.6 is 0 Å². The van der Waals surface area contributed by atoms with Gasteiger partial charge in [0.2, 0.25) is 0 Å². The fourth-order valence-corrected chi connectivity index (χ4v) is 0.829. The van der Waals surface area contributed by atoms with Crippen LogP contribution in [0.25, 0.3) is 0 Å². The van der Waals surface area contributed by atoms with E-state index < -0.39 is 18.2 Å². The molecule has 0 rings (SSSR count). The first-order valence-electron chi connectivity index (χ1n) is 3.83. The third-order valence-corrected chi connectivity index (χ3v) is 1.57. The van der Waals surface area contributed by atoms with Crippen LogP contribution in [0.2, 0.25) is 0 Å². The van der Waals surface area contributed by atoms with Crippen molar-refractivity contribution in [3.8, 4) is 0 Å². The molecule has 0 aliphatic heterocycles. The van der Waals surface area contributed by atoms with E-state index in [-0.39, 0.29) is 0 Å². The van der Waals surface area contributed by atoms with Gasteiger partial charge in [-0.2, -0.15) is 13.2 Å². The van der Waals surface area contributed by atoms with E-state index in [4.69, 9.17) is 0 Å². The van der Waals surface area contributed by atoms with E-state index in [1.54, 1.807) is 21.0 Å². The van der Waals surface area contributed by atoms with E-state index in [1.807, 2.05) is 5.32 Å². The SMILES string of the molecule is CCC(NC(=O)C(F)(F)F)N(C)C. The predicted molar refractivity (Wildman–Crippen MR) is 42.0 cm³/mol. The van der Waals surface area contributed by atoms with Gasteiger partial charge in [-0.1, -0.05) is 6.92 Å². The van der Waals surface area contributed by atoms with Crippen LogP contribution < -0.4 is 5.32 Å². The summed E-state index contributed by atoms with van der Waals surface area (Å²) < 4.78 is 35.3. The van der Waals surface area contributed by atoms with Gasteiger partial charge in [0.05, 0.1) is 6.17 Å². The topological polar surface area (TPSA) is 32.3 Å². The number of halogens is 3. The number of amides is 1. The fraction of sp³-hybridized carbons (Fsp3) is 0.857. The Labute approximate surface area is 74.9 Å². The van der Waals surface area contributed by atoms with Gasteiger partial charge < -0.3 is 5.32 Å². The number of alkyl halides is 3. The highest BCUT2D eigenvalue weighted by Crippen LogP contribution is 2.14. The summed E-state index contributed by atoms with van der Waals surface area (Å²) in [4.78, 5) is 12.0. The Morgan fingerprint density at radius 3 is 2.15 bits per heavy atom. The average Bonchev–Trinajstić information content (AvgIpc) is 1.96. The maximum atomic E-state index is 11.8. The lowest BCUT2D eigenvalue weighted by Crippen LogP contribution is -2.49. The molecule has 78 valence electrons. The van der Waals surface area contributed by atoms with Crippen LogP contribution in [0.1, 0.15) is 13.3 Å². The third kappa shape index (κ3) is 4.12. The van der Waals surface area contributed by atoms with Gasteiger partial charge in [-0.25, -0.2) is 0 Å². The average molecular weight is 198 g/mol. The molecule has 0 saturated heterocycles. The van der Waals surface area contributed by atoms with Crippen molar-refractivity contribution in [2.45, 2.75) is 25.7 Å². The van der Waals surface area contributed by atoms with E-state index in [0.29, 0.717) is 6.42 Å². The van der Waals surface area contributed by atoms with Crippen LogP contribution in [0.5, 0.6) is 0 Å². The minimum Gasteiger partial charge on any atom is -0.333 e. The summed E-state index contributed by atoms with van der Waals surface area (Å²) in [5, 5.41) is 1.87. The van der Waals surface area contributed by atoms with E-state index in [2.05, 4.69) is 0 Å². The van der Waals surface area contributed by atoms with Gasteiger partial charge in [-0.15, -0.1) is 0 Å². The summed E-state index contributed by atoms with van der Waals surface area (Å²) in [6.07, 6.45) is -4.95. The molecule has 0 spiro atoms. The highest BCUT2D eigenvalue weighted by Gasteiger charge is 2.39. The predicted octanol–water partition coefficient (Wildman–Crippen LogP) is 0.963. The zero-order valence-electron chi connectivity index (χ0n) is 7.77. The van der Waals surface area contributed by atoms with Crippen LogP contribution in [0, 0.1) is 0 Å². The van der Waals surface area contributed by atoms with E-state index in [9.17, 15) is 18.0 Å². The Morgan fingerprint density at radius 1 is 1.46 bits per heavy atom. The zero-order chi connectivity index (χ0) is 10.6. The molecule has 13 heavy (non-hydrogen) atoms. The summed E-state index contributed by atoms with van der Waals surface area (Å²) in [6.45, 7) is 1.70. The molecule has 0 aromatic carbocycles. The van der Waals surface area contributed by atoms with Gasteiger partial charge in [-0.05, 0) is 20.5 Å². The lowest BCUT2D eigenvalue weighted by Gasteiger charge is -2.24. The van der Waals surface area contributed by atoms with Crippen LogP contribution in [0.15, 0.2) is 0 Å². The first-order chi connectivity index (χ1) is 5.79. The first-order valence-corrected chi connectivity index (χ1v) is 3.83. The Balaban J connectivity index is 4.18. The van der Waals surface area contributed by atoms with Crippen molar-refractivity contribution in [3.63, 3.8) is 0 Å². The standard InChI is InChI=1S/C7H13F3N2O/c1-4-5(12(2)3)11-6(13)7(8,9)10/h5H,4H2,1-3H3,(H,11,13). The number of nitrogens with one attached hydrogen (secondary N) is 1. The molecule has 0 fully saturated rings. The first kappa shape index (κ1) is 12.2. The monoisotopic (exact) mass is 198 g/mol. The van der Waals surface area contributed by atoms with Crippen molar-refractivity contribution in [2.75, 3.05) is 14.1 Å². The molecule has 0 aromatic rings. The maximum Gasteiger partial charge on any atom is 0.471 e. The maximum absolute atomic E-state index is 11.8. The minimum absolute atomic E-state index is 0.425. The Kier molecular flexibility index (Phi) is 4.19. The summed E-state index contributed by atoms with van der Waals surface area (Å²) in [7, 11) is 3.20. The molecule has 0 aliphatic carbocycles. The molecule has 1 unspecified atom stereocenters. The zero-order valence-corrected chi connectivity index (χ0v) is 7.77. The second-order valence-electron chi connectivity index (χ2n) is 2.86. The van der Waals surface area contributed by atoms with Crippen LogP contribution in [-0.2, 0) is 4.79 Å². The van der Waals surface area contributed by atoms with Gasteiger partial charge in [0, 0.05) is 0 Å². The molecule has 0 aromatic heterocycles. The summed E-state index contributed by atoms with van der Waals surface area (Å²) in [5.74, 6) is -1.90. The van der Waals surface area contributed by atoms with Crippen LogP contribution in [-0.4, -0.2) is 37.2 Å². The number of nitrogens with zero attached hydrogens (tertiary/aromatic N) is 1. The third-order valence-electron chi connectivity index (χ3n) is 1.57. The molecule has 1 amide bonds. The van der Waals surface area contributed by atoms with Gasteiger partial charge >= 0.3 is 12.1 Å². The highest BCUT2D eigenvalue weighted by molar-refractivity contribution is 5.81. The van der Waals surface area contributed by atoms with Crippen molar-refractivity contribution in [2.24, 2.45) is 0 Å². The Morgan fingerprint density at radius 2 is 1.92 bits per heavy atom. The molecule has 0 radical (unpaired) electrons. The Hall–Kier alpha value is -0.780. The largest absolute Gasteiger partial charge is 0.471 e. The van der Waals surface area contributed by atoms with Gasteiger partial charge in [-0.3, -0.25) is 9.69 Å². The quantitative estimate of drug-likeness (QED) is 0.685. The number of rotatable bonds is 3.